The maximum Gasteiger partial charge on any atom is 0.142 e. The number of rotatable bonds is 0. The first-order valence-electron chi connectivity index (χ1n) is 3.87. The molecular weight excluding hydrogens is 152 g/mol. The third kappa shape index (κ3) is 12.8. The van der Waals surface area contributed by atoms with E-state index >= 15 is 0 Å². The minimum Gasteiger partial charge on any atom is -0.223 e. The third-order valence-corrected chi connectivity index (χ3v) is 5.28. The van der Waals surface area contributed by atoms with E-state index in [-0.39, 0.29) is 8.80 Å². The minimum atomic E-state index is -0.403. The van der Waals surface area contributed by atoms with Crippen molar-refractivity contribution >= 4 is 8.80 Å². The van der Waals surface area contributed by atoms with Crippen LogP contribution in [-0.2, 0) is 5.11 Å². The summed E-state index contributed by atoms with van der Waals surface area (Å²) in [7, 11) is -0.359. The minimum absolute atomic E-state index is 0.359. The van der Waals surface area contributed by atoms with Gasteiger partial charge in [-0.15, -0.1) is 6.42 Å². The summed E-state index contributed by atoms with van der Waals surface area (Å²) in [5, 5.41) is 9.70. The summed E-state index contributed by atoms with van der Waals surface area (Å²) >= 11 is 0. The molecule has 0 spiro atoms. The molecule has 1 nitrogen and oxygen atoms in total. The van der Waals surface area contributed by atoms with Crippen molar-refractivity contribution in [1.82, 2.24) is 0 Å². The predicted molar refractivity (Wildman–Crippen MR) is 53.0 cm³/mol. The molecule has 1 radical (unpaired) electrons. The van der Waals surface area contributed by atoms with Gasteiger partial charge in [0.2, 0.25) is 0 Å². The molecule has 0 atom stereocenters. The summed E-state index contributed by atoms with van der Waals surface area (Å²) in [6, 6.07) is 0. The number of terminal acetylenes is 1. The van der Waals surface area contributed by atoms with Crippen LogP contribution >= 0.6 is 0 Å². The first-order chi connectivity index (χ1) is 4.86. The summed E-state index contributed by atoms with van der Waals surface area (Å²) < 4.78 is 0. The molecular formula is C9H19OSi. The zero-order valence-corrected chi connectivity index (χ0v) is 9.42. The molecule has 0 aliphatic carbocycles. The Bertz CT molecular complexity index is 117. The smallest absolute Gasteiger partial charge is 0.142 e. The van der Waals surface area contributed by atoms with Crippen LogP contribution < -0.4 is 0 Å². The number of hydrogen-bond donors (Lipinski definition) is 0. The maximum atomic E-state index is 9.06. The summed E-state index contributed by atoms with van der Waals surface area (Å²) in [5.74, 6) is 1.88. The van der Waals surface area contributed by atoms with Gasteiger partial charge in [0.15, 0.2) is 0 Å². The van der Waals surface area contributed by atoms with Gasteiger partial charge < -0.3 is 0 Å². The third-order valence-electron chi connectivity index (χ3n) is 1.82. The SMILES string of the molecule is C#CC[O].C[SiH](C)C(C)(C)C. The Kier molecular flexibility index (Phi) is 7.82. The Labute approximate surface area is 72.4 Å². The van der Waals surface area contributed by atoms with Crippen LogP contribution in [-0.4, -0.2) is 15.4 Å². The molecule has 65 valence electrons. The van der Waals surface area contributed by atoms with Gasteiger partial charge in [0.05, 0.1) is 0 Å². The molecule has 0 aliphatic heterocycles. The lowest BCUT2D eigenvalue weighted by atomic mass is 10.2. The zero-order chi connectivity index (χ0) is 9.49. The molecule has 0 unspecified atom stereocenters. The van der Waals surface area contributed by atoms with Crippen LogP contribution in [0.25, 0.3) is 0 Å². The van der Waals surface area contributed by atoms with Gasteiger partial charge in [0.1, 0.15) is 6.61 Å². The summed E-state index contributed by atoms with van der Waals surface area (Å²) in [6.07, 6.45) is 4.47. The van der Waals surface area contributed by atoms with Gasteiger partial charge in [-0.05, 0) is 5.04 Å². The van der Waals surface area contributed by atoms with Gasteiger partial charge in [0.25, 0.3) is 0 Å². The second-order valence-corrected chi connectivity index (χ2v) is 7.91. The molecule has 2 heteroatoms. The largest absolute Gasteiger partial charge is 0.223 e. The van der Waals surface area contributed by atoms with Crippen LogP contribution in [0.4, 0.5) is 0 Å². The standard InChI is InChI=1S/C6H16Si.C3H3O/c1-6(2,3)7(4)5;1-2-3-4/h7H,1-5H3;1H,3H2. The van der Waals surface area contributed by atoms with Crippen LogP contribution in [0.15, 0.2) is 0 Å². The molecule has 0 N–H and O–H groups in total. The lowest BCUT2D eigenvalue weighted by Gasteiger charge is -2.21. The Morgan fingerprint density at radius 3 is 1.55 bits per heavy atom. The normalized spacial score (nSPS) is 10.0. The predicted octanol–water partition coefficient (Wildman–Crippen LogP) is 2.32. The van der Waals surface area contributed by atoms with Crippen LogP contribution in [0, 0.1) is 12.3 Å². The van der Waals surface area contributed by atoms with E-state index in [1.165, 1.54) is 0 Å². The van der Waals surface area contributed by atoms with Crippen molar-refractivity contribution in [2.24, 2.45) is 0 Å². The van der Waals surface area contributed by atoms with E-state index in [0.29, 0.717) is 5.04 Å². The Balaban J connectivity index is 0. The molecule has 0 fully saturated rings. The molecule has 0 heterocycles. The quantitative estimate of drug-likeness (QED) is 0.394. The van der Waals surface area contributed by atoms with Crippen LogP contribution in [0.2, 0.25) is 18.1 Å². The van der Waals surface area contributed by atoms with E-state index in [1.807, 2.05) is 5.92 Å². The lowest BCUT2D eigenvalue weighted by Crippen LogP contribution is -2.16. The summed E-state index contributed by atoms with van der Waals surface area (Å²) in [6.45, 7) is 11.3. The van der Waals surface area contributed by atoms with Gasteiger partial charge in [0, 0.05) is 8.80 Å². The zero-order valence-electron chi connectivity index (χ0n) is 8.27. The van der Waals surface area contributed by atoms with Gasteiger partial charge >= 0.3 is 0 Å². The van der Waals surface area contributed by atoms with E-state index < -0.39 is 6.61 Å². The molecule has 0 saturated heterocycles. The van der Waals surface area contributed by atoms with Crippen LogP contribution in [0.1, 0.15) is 20.8 Å². The van der Waals surface area contributed by atoms with E-state index in [0.717, 1.165) is 0 Å². The lowest BCUT2D eigenvalue weighted by molar-refractivity contribution is 0.239. The van der Waals surface area contributed by atoms with E-state index in [2.05, 4.69) is 40.3 Å². The second-order valence-electron chi connectivity index (χ2n) is 3.87. The van der Waals surface area contributed by atoms with Crippen LogP contribution in [0.3, 0.4) is 0 Å². The number of hydrogen-bond acceptors (Lipinski definition) is 0. The molecule has 11 heavy (non-hydrogen) atoms. The van der Waals surface area contributed by atoms with Crippen molar-refractivity contribution in [3.63, 3.8) is 0 Å². The van der Waals surface area contributed by atoms with Crippen LogP contribution in [0.5, 0.6) is 0 Å². The molecule has 0 rings (SSSR count). The second kappa shape index (κ2) is 6.45. The highest BCUT2D eigenvalue weighted by molar-refractivity contribution is 6.59. The molecule has 0 aromatic heterocycles. The van der Waals surface area contributed by atoms with E-state index in [4.69, 9.17) is 5.11 Å². The van der Waals surface area contributed by atoms with Crippen molar-refractivity contribution in [2.45, 2.75) is 38.9 Å². The Morgan fingerprint density at radius 2 is 1.55 bits per heavy atom. The van der Waals surface area contributed by atoms with Crippen molar-refractivity contribution < 1.29 is 5.11 Å². The monoisotopic (exact) mass is 171 g/mol. The van der Waals surface area contributed by atoms with Crippen molar-refractivity contribution in [3.8, 4) is 12.3 Å². The molecule has 0 aliphatic rings. The fourth-order valence-corrected chi connectivity index (χ4v) is 0. The van der Waals surface area contributed by atoms with Crippen molar-refractivity contribution in [2.75, 3.05) is 6.61 Å². The Hall–Kier alpha value is -0.263. The van der Waals surface area contributed by atoms with Gasteiger partial charge in [-0.25, -0.2) is 5.11 Å². The van der Waals surface area contributed by atoms with Gasteiger partial charge in [-0.1, -0.05) is 39.8 Å². The first kappa shape index (κ1) is 13.3. The molecule has 0 bridgehead atoms. The molecule has 0 saturated carbocycles. The fourth-order valence-electron chi connectivity index (χ4n) is 0. The average molecular weight is 171 g/mol. The van der Waals surface area contributed by atoms with E-state index in [1.54, 1.807) is 0 Å². The topological polar surface area (TPSA) is 19.9 Å². The Morgan fingerprint density at radius 1 is 1.36 bits per heavy atom. The first-order valence-corrected chi connectivity index (χ1v) is 6.76. The molecule has 0 amide bonds. The van der Waals surface area contributed by atoms with Gasteiger partial charge in [-0.2, -0.15) is 0 Å². The molecule has 0 aromatic carbocycles. The fraction of sp³-hybridized carbons (Fsp3) is 0.778. The van der Waals surface area contributed by atoms with Crippen molar-refractivity contribution in [3.05, 3.63) is 0 Å². The van der Waals surface area contributed by atoms with Crippen molar-refractivity contribution in [1.29, 1.82) is 0 Å². The van der Waals surface area contributed by atoms with E-state index in [9.17, 15) is 0 Å². The highest BCUT2D eigenvalue weighted by atomic mass is 28.3. The molecule has 0 aromatic rings. The maximum absolute atomic E-state index is 9.06. The summed E-state index contributed by atoms with van der Waals surface area (Å²) in [4.78, 5) is 0. The average Bonchev–Trinajstić information content (AvgIpc) is 1.87. The summed E-state index contributed by atoms with van der Waals surface area (Å²) in [5.41, 5.74) is 0. The highest BCUT2D eigenvalue weighted by Crippen LogP contribution is 2.25. The van der Waals surface area contributed by atoms with Gasteiger partial charge in [-0.3, -0.25) is 0 Å². The highest BCUT2D eigenvalue weighted by Gasteiger charge is 2.15.